The topological polar surface area (TPSA) is 64.3 Å². The Morgan fingerprint density at radius 3 is 2.65 bits per heavy atom. The van der Waals surface area contributed by atoms with E-state index in [0.717, 1.165) is 24.3 Å². The van der Waals surface area contributed by atoms with Crippen molar-refractivity contribution in [1.29, 1.82) is 0 Å². The molecule has 3 N–H and O–H groups in total. The van der Waals surface area contributed by atoms with Crippen molar-refractivity contribution in [3.63, 3.8) is 0 Å². The van der Waals surface area contributed by atoms with Gasteiger partial charge in [-0.2, -0.15) is 0 Å². The normalized spacial score (nSPS) is 12.2. The van der Waals surface area contributed by atoms with Crippen LogP contribution >= 0.6 is 0 Å². The monoisotopic (exact) mass is 278 g/mol. The fraction of sp³-hybridized carbons (Fsp3) is 0.562. The van der Waals surface area contributed by atoms with E-state index in [-0.39, 0.29) is 11.8 Å². The lowest BCUT2D eigenvalue weighted by Crippen LogP contribution is -2.21. The second-order valence-electron chi connectivity index (χ2n) is 5.52. The highest BCUT2D eigenvalue weighted by molar-refractivity contribution is 5.93. The van der Waals surface area contributed by atoms with Crippen LogP contribution in [0.2, 0.25) is 0 Å². The highest BCUT2D eigenvalue weighted by atomic mass is 16.5. The number of hydrogen-bond acceptors (Lipinski definition) is 3. The quantitative estimate of drug-likeness (QED) is 0.768. The molecule has 1 rings (SSSR count). The maximum atomic E-state index is 12.1. The number of anilines is 1. The summed E-state index contributed by atoms with van der Waals surface area (Å²) in [5, 5.41) is 2.94. The highest BCUT2D eigenvalue weighted by Gasteiger charge is 2.14. The van der Waals surface area contributed by atoms with Gasteiger partial charge in [-0.25, -0.2) is 0 Å². The Kier molecular flexibility index (Phi) is 7.09. The molecule has 0 saturated carbocycles. The number of amides is 1. The van der Waals surface area contributed by atoms with E-state index in [2.05, 4.69) is 19.2 Å². The number of hydrogen-bond donors (Lipinski definition) is 2. The number of nitrogens with one attached hydrogen (secondary N) is 1. The van der Waals surface area contributed by atoms with Crippen molar-refractivity contribution in [3.05, 3.63) is 24.3 Å². The van der Waals surface area contributed by atoms with Crippen molar-refractivity contribution in [2.24, 2.45) is 17.6 Å². The Hall–Kier alpha value is -1.55. The summed E-state index contributed by atoms with van der Waals surface area (Å²) in [4.78, 5) is 12.1. The lowest BCUT2D eigenvalue weighted by Gasteiger charge is -2.16. The molecule has 1 atom stereocenters. The van der Waals surface area contributed by atoms with Crippen LogP contribution in [-0.4, -0.2) is 19.1 Å². The molecule has 1 aromatic carbocycles. The molecule has 0 aliphatic carbocycles. The number of carbonyl (C=O) groups excluding carboxylic acids is 1. The van der Waals surface area contributed by atoms with Crippen LogP contribution in [-0.2, 0) is 4.79 Å². The van der Waals surface area contributed by atoms with Gasteiger partial charge in [0.05, 0.1) is 12.3 Å². The maximum Gasteiger partial charge on any atom is 0.227 e. The van der Waals surface area contributed by atoms with Crippen LogP contribution in [0.25, 0.3) is 0 Å². The third kappa shape index (κ3) is 5.61. The van der Waals surface area contributed by atoms with Crippen molar-refractivity contribution in [3.8, 4) is 5.75 Å². The van der Waals surface area contributed by atoms with Gasteiger partial charge in [-0.05, 0) is 37.4 Å². The van der Waals surface area contributed by atoms with Gasteiger partial charge in [0.15, 0.2) is 0 Å². The molecular weight excluding hydrogens is 252 g/mol. The number of rotatable bonds is 8. The molecule has 4 nitrogen and oxygen atoms in total. The van der Waals surface area contributed by atoms with E-state index in [9.17, 15) is 4.79 Å². The zero-order valence-electron chi connectivity index (χ0n) is 12.7. The molecule has 1 amide bonds. The van der Waals surface area contributed by atoms with Gasteiger partial charge >= 0.3 is 0 Å². The molecule has 0 aromatic heterocycles. The smallest absolute Gasteiger partial charge is 0.227 e. The first-order valence-electron chi connectivity index (χ1n) is 7.27. The van der Waals surface area contributed by atoms with Crippen LogP contribution in [0.15, 0.2) is 24.3 Å². The van der Waals surface area contributed by atoms with Crippen LogP contribution in [0.1, 0.15) is 33.6 Å². The van der Waals surface area contributed by atoms with E-state index in [0.29, 0.717) is 19.1 Å². The second kappa shape index (κ2) is 8.59. The molecule has 112 valence electrons. The second-order valence-corrected chi connectivity index (χ2v) is 5.52. The molecule has 0 saturated heterocycles. The average molecular weight is 278 g/mol. The minimum atomic E-state index is -0.0447. The number of para-hydroxylation sites is 2. The van der Waals surface area contributed by atoms with Crippen molar-refractivity contribution in [2.75, 3.05) is 18.5 Å². The maximum absolute atomic E-state index is 12.1. The molecule has 1 aromatic rings. The zero-order chi connectivity index (χ0) is 15.0. The van der Waals surface area contributed by atoms with Crippen LogP contribution in [0.3, 0.4) is 0 Å². The van der Waals surface area contributed by atoms with Crippen LogP contribution in [0.5, 0.6) is 5.75 Å². The Morgan fingerprint density at radius 2 is 2.00 bits per heavy atom. The van der Waals surface area contributed by atoms with Gasteiger partial charge in [-0.3, -0.25) is 4.79 Å². The molecule has 0 bridgehead atoms. The predicted molar refractivity (Wildman–Crippen MR) is 82.9 cm³/mol. The largest absolute Gasteiger partial charge is 0.491 e. The first-order valence-corrected chi connectivity index (χ1v) is 7.27. The molecular formula is C16H26N2O2. The van der Waals surface area contributed by atoms with E-state index < -0.39 is 0 Å². The van der Waals surface area contributed by atoms with E-state index in [4.69, 9.17) is 10.5 Å². The molecule has 0 fully saturated rings. The minimum Gasteiger partial charge on any atom is -0.491 e. The number of carbonyl (C=O) groups is 1. The number of benzene rings is 1. The Morgan fingerprint density at radius 1 is 1.30 bits per heavy atom. The third-order valence-corrected chi connectivity index (χ3v) is 3.01. The molecule has 0 aliphatic rings. The highest BCUT2D eigenvalue weighted by Crippen LogP contribution is 2.25. The minimum absolute atomic E-state index is 0.0130. The Balaban J connectivity index is 2.64. The SMILES string of the molecule is CC(C)COc1ccccc1NC(=O)C(C)CCCN. The van der Waals surface area contributed by atoms with Gasteiger partial charge in [0.2, 0.25) is 5.91 Å². The van der Waals surface area contributed by atoms with Crippen molar-refractivity contribution >= 4 is 11.6 Å². The molecule has 4 heteroatoms. The van der Waals surface area contributed by atoms with Gasteiger partial charge in [-0.1, -0.05) is 32.9 Å². The summed E-state index contributed by atoms with van der Waals surface area (Å²) in [7, 11) is 0. The molecule has 0 radical (unpaired) electrons. The predicted octanol–water partition coefficient (Wildman–Crippen LogP) is 3.03. The van der Waals surface area contributed by atoms with E-state index in [1.54, 1.807) is 0 Å². The van der Waals surface area contributed by atoms with Crippen LogP contribution in [0.4, 0.5) is 5.69 Å². The summed E-state index contributed by atoms with van der Waals surface area (Å²) in [5.74, 6) is 1.14. The number of nitrogens with two attached hydrogens (primary N) is 1. The Bertz CT molecular complexity index is 419. The van der Waals surface area contributed by atoms with E-state index in [1.165, 1.54) is 0 Å². The summed E-state index contributed by atoms with van der Waals surface area (Å²) < 4.78 is 5.73. The molecule has 1 unspecified atom stereocenters. The first kappa shape index (κ1) is 16.5. The Labute approximate surface area is 121 Å². The summed E-state index contributed by atoms with van der Waals surface area (Å²) in [6.45, 7) is 7.36. The lowest BCUT2D eigenvalue weighted by atomic mass is 10.0. The van der Waals surface area contributed by atoms with Crippen molar-refractivity contribution < 1.29 is 9.53 Å². The van der Waals surface area contributed by atoms with Gasteiger partial charge in [0, 0.05) is 5.92 Å². The van der Waals surface area contributed by atoms with E-state index >= 15 is 0 Å². The summed E-state index contributed by atoms with van der Waals surface area (Å²) in [5.41, 5.74) is 6.20. The fourth-order valence-electron chi connectivity index (χ4n) is 1.76. The summed E-state index contributed by atoms with van der Waals surface area (Å²) in [6, 6.07) is 7.54. The van der Waals surface area contributed by atoms with Gasteiger partial charge in [0.1, 0.15) is 5.75 Å². The fourth-order valence-corrected chi connectivity index (χ4v) is 1.76. The zero-order valence-corrected chi connectivity index (χ0v) is 12.7. The molecule has 20 heavy (non-hydrogen) atoms. The average Bonchev–Trinajstić information content (AvgIpc) is 2.43. The summed E-state index contributed by atoms with van der Waals surface area (Å²) >= 11 is 0. The van der Waals surface area contributed by atoms with Crippen LogP contribution < -0.4 is 15.8 Å². The van der Waals surface area contributed by atoms with Gasteiger partial charge in [-0.15, -0.1) is 0 Å². The van der Waals surface area contributed by atoms with Crippen molar-refractivity contribution in [1.82, 2.24) is 0 Å². The van der Waals surface area contributed by atoms with Crippen molar-refractivity contribution in [2.45, 2.75) is 33.6 Å². The molecule has 0 aliphatic heterocycles. The standard InChI is InChI=1S/C16H26N2O2/c1-12(2)11-20-15-9-5-4-8-14(15)18-16(19)13(3)7-6-10-17/h4-5,8-9,12-13H,6-7,10-11,17H2,1-3H3,(H,18,19). The summed E-state index contributed by atoms with van der Waals surface area (Å²) in [6.07, 6.45) is 1.66. The molecule has 0 spiro atoms. The van der Waals surface area contributed by atoms with E-state index in [1.807, 2.05) is 31.2 Å². The van der Waals surface area contributed by atoms with Gasteiger partial charge < -0.3 is 15.8 Å². The lowest BCUT2D eigenvalue weighted by molar-refractivity contribution is -0.119. The third-order valence-electron chi connectivity index (χ3n) is 3.01. The van der Waals surface area contributed by atoms with Gasteiger partial charge in [0.25, 0.3) is 0 Å². The van der Waals surface area contributed by atoms with Crippen LogP contribution in [0, 0.1) is 11.8 Å². The first-order chi connectivity index (χ1) is 9.54. The number of ether oxygens (including phenoxy) is 1. The molecule has 0 heterocycles.